The zero-order valence-corrected chi connectivity index (χ0v) is 10.9. The largest absolute Gasteiger partial charge is 0.195 e. The summed E-state index contributed by atoms with van der Waals surface area (Å²) >= 11 is 7.70. The zero-order chi connectivity index (χ0) is 12.0. The van der Waals surface area contributed by atoms with Gasteiger partial charge in [-0.2, -0.15) is 9.61 Å². The summed E-state index contributed by atoms with van der Waals surface area (Å²) in [6.07, 6.45) is 0. The van der Waals surface area contributed by atoms with Gasteiger partial charge in [0.15, 0.2) is 16.6 Å². The number of halogens is 1. The molecule has 0 saturated carbocycles. The first kappa shape index (κ1) is 10.7. The summed E-state index contributed by atoms with van der Waals surface area (Å²) < 4.78 is 1.70. The highest BCUT2D eigenvalue weighted by atomic mass is 35.5. The molecule has 86 valence electrons. The van der Waals surface area contributed by atoms with Crippen LogP contribution >= 0.6 is 22.9 Å². The molecule has 0 aromatic carbocycles. The minimum absolute atomic E-state index is 0.493. The van der Waals surface area contributed by atoms with Crippen LogP contribution in [0.5, 0.6) is 0 Å². The van der Waals surface area contributed by atoms with E-state index in [0.717, 1.165) is 27.5 Å². The molecule has 0 unspecified atom stereocenters. The van der Waals surface area contributed by atoms with Gasteiger partial charge in [-0.05, 0) is 30.9 Å². The molecule has 0 aliphatic heterocycles. The first-order chi connectivity index (χ1) is 8.18. The lowest BCUT2D eigenvalue weighted by atomic mass is 10.2. The molecule has 4 nitrogen and oxygen atoms in total. The summed E-state index contributed by atoms with van der Waals surface area (Å²) in [7, 11) is 0. The molecule has 0 bridgehead atoms. The molecule has 0 radical (unpaired) electrons. The fraction of sp³-hybridized carbons (Fsp3) is 0.182. The van der Waals surface area contributed by atoms with Crippen LogP contribution in [0, 0.1) is 13.8 Å². The number of aryl methyl sites for hydroxylation is 1. The predicted octanol–water partition coefficient (Wildman–Crippen LogP) is 3.12. The Kier molecular flexibility index (Phi) is 2.38. The molecule has 0 aliphatic rings. The molecule has 0 saturated heterocycles. The predicted molar refractivity (Wildman–Crippen MR) is 68.6 cm³/mol. The monoisotopic (exact) mass is 264 g/mol. The van der Waals surface area contributed by atoms with Gasteiger partial charge in [-0.15, -0.1) is 21.5 Å². The number of thiophene rings is 1. The van der Waals surface area contributed by atoms with Crippen LogP contribution in [0.25, 0.3) is 16.3 Å². The molecule has 0 fully saturated rings. The normalized spacial score (nSPS) is 11.2. The molecule has 0 N–H and O–H groups in total. The van der Waals surface area contributed by atoms with Crippen molar-refractivity contribution in [3.05, 3.63) is 33.8 Å². The highest BCUT2D eigenvalue weighted by Gasteiger charge is 2.15. The Bertz CT molecular complexity index is 687. The van der Waals surface area contributed by atoms with Crippen LogP contribution in [0.15, 0.2) is 17.5 Å². The summed E-state index contributed by atoms with van der Waals surface area (Å²) in [5.74, 6) is 0.736. The molecule has 3 rings (SSSR count). The highest BCUT2D eigenvalue weighted by molar-refractivity contribution is 7.13. The fourth-order valence-corrected chi connectivity index (χ4v) is 2.56. The van der Waals surface area contributed by atoms with Gasteiger partial charge in [0.05, 0.1) is 4.88 Å². The number of hydrogen-bond donors (Lipinski definition) is 0. The summed E-state index contributed by atoms with van der Waals surface area (Å²) in [6.45, 7) is 3.91. The second kappa shape index (κ2) is 3.78. The Morgan fingerprint density at radius 1 is 1.24 bits per heavy atom. The zero-order valence-electron chi connectivity index (χ0n) is 9.31. The molecule has 3 aromatic rings. The van der Waals surface area contributed by atoms with E-state index in [1.807, 2.05) is 31.4 Å². The van der Waals surface area contributed by atoms with E-state index in [0.29, 0.717) is 5.15 Å². The lowest BCUT2D eigenvalue weighted by Crippen LogP contribution is -1.99. The van der Waals surface area contributed by atoms with Crippen molar-refractivity contribution in [2.45, 2.75) is 13.8 Å². The molecule has 0 aliphatic carbocycles. The van der Waals surface area contributed by atoms with Gasteiger partial charge in [0.1, 0.15) is 0 Å². The third-order valence-electron chi connectivity index (χ3n) is 2.78. The molecular weight excluding hydrogens is 256 g/mol. The number of nitrogens with zero attached hydrogens (tertiary/aromatic N) is 4. The topological polar surface area (TPSA) is 43.1 Å². The van der Waals surface area contributed by atoms with E-state index in [1.165, 1.54) is 0 Å². The standard InChI is InChI=1S/C11H9ClN4S/c1-6-7(2)10-13-14-11(8-4-3-5-17-8)16(10)15-9(6)12/h3-5H,1-2H3. The molecule has 0 spiro atoms. The van der Waals surface area contributed by atoms with Crippen LogP contribution in [0.1, 0.15) is 11.1 Å². The Morgan fingerprint density at radius 3 is 2.76 bits per heavy atom. The highest BCUT2D eigenvalue weighted by Crippen LogP contribution is 2.26. The van der Waals surface area contributed by atoms with E-state index in [-0.39, 0.29) is 0 Å². The van der Waals surface area contributed by atoms with E-state index in [1.54, 1.807) is 15.9 Å². The maximum atomic E-state index is 6.10. The number of hydrogen-bond acceptors (Lipinski definition) is 4. The Balaban J connectivity index is 2.37. The molecular formula is C11H9ClN4S. The average molecular weight is 265 g/mol. The Labute approximate surface area is 107 Å². The number of aromatic nitrogens is 4. The third-order valence-corrected chi connectivity index (χ3v) is 4.00. The summed E-state index contributed by atoms with van der Waals surface area (Å²) in [5.41, 5.74) is 2.72. The van der Waals surface area contributed by atoms with Crippen molar-refractivity contribution in [3.63, 3.8) is 0 Å². The quantitative estimate of drug-likeness (QED) is 0.678. The SMILES string of the molecule is Cc1c(Cl)nn2c(-c3cccs3)nnc2c1C. The molecule has 17 heavy (non-hydrogen) atoms. The van der Waals surface area contributed by atoms with Gasteiger partial charge in [-0.25, -0.2) is 0 Å². The molecule has 0 amide bonds. The van der Waals surface area contributed by atoms with E-state index in [4.69, 9.17) is 11.6 Å². The molecule has 3 heterocycles. The van der Waals surface area contributed by atoms with Crippen LogP contribution in [0.2, 0.25) is 5.15 Å². The summed E-state index contributed by atoms with van der Waals surface area (Å²) in [6, 6.07) is 3.97. The van der Waals surface area contributed by atoms with Crippen molar-refractivity contribution >= 4 is 28.6 Å². The summed E-state index contributed by atoms with van der Waals surface area (Å²) in [4.78, 5) is 1.03. The molecule has 3 aromatic heterocycles. The van der Waals surface area contributed by atoms with Crippen molar-refractivity contribution in [1.82, 2.24) is 19.8 Å². The first-order valence-electron chi connectivity index (χ1n) is 5.10. The Morgan fingerprint density at radius 2 is 2.06 bits per heavy atom. The third kappa shape index (κ3) is 1.54. The lowest BCUT2D eigenvalue weighted by Gasteiger charge is -2.04. The van der Waals surface area contributed by atoms with E-state index in [9.17, 15) is 0 Å². The van der Waals surface area contributed by atoms with Gasteiger partial charge < -0.3 is 0 Å². The second-order valence-corrected chi connectivity index (χ2v) is 5.08. The average Bonchev–Trinajstić information content (AvgIpc) is 2.93. The van der Waals surface area contributed by atoms with E-state index in [2.05, 4.69) is 15.3 Å². The van der Waals surface area contributed by atoms with Crippen LogP contribution in [-0.4, -0.2) is 19.8 Å². The van der Waals surface area contributed by atoms with Crippen molar-refractivity contribution < 1.29 is 0 Å². The summed E-state index contributed by atoms with van der Waals surface area (Å²) in [5, 5.41) is 15.2. The van der Waals surface area contributed by atoms with Crippen LogP contribution < -0.4 is 0 Å². The van der Waals surface area contributed by atoms with E-state index < -0.39 is 0 Å². The van der Waals surface area contributed by atoms with Gasteiger partial charge in [0, 0.05) is 5.56 Å². The Hall–Kier alpha value is -1.46. The lowest BCUT2D eigenvalue weighted by molar-refractivity contribution is 0.921. The second-order valence-electron chi connectivity index (χ2n) is 3.78. The minimum atomic E-state index is 0.493. The van der Waals surface area contributed by atoms with Gasteiger partial charge in [-0.3, -0.25) is 0 Å². The number of rotatable bonds is 1. The minimum Gasteiger partial charge on any atom is -0.190 e. The van der Waals surface area contributed by atoms with Crippen molar-refractivity contribution in [1.29, 1.82) is 0 Å². The van der Waals surface area contributed by atoms with E-state index >= 15 is 0 Å². The van der Waals surface area contributed by atoms with Gasteiger partial charge in [0.25, 0.3) is 0 Å². The van der Waals surface area contributed by atoms with Crippen molar-refractivity contribution in [2.75, 3.05) is 0 Å². The number of fused-ring (bicyclic) bond motifs is 1. The molecule has 6 heteroatoms. The van der Waals surface area contributed by atoms with Gasteiger partial charge in [-0.1, -0.05) is 17.7 Å². The maximum Gasteiger partial charge on any atom is 0.195 e. The van der Waals surface area contributed by atoms with Crippen LogP contribution in [-0.2, 0) is 0 Å². The maximum absolute atomic E-state index is 6.10. The smallest absolute Gasteiger partial charge is 0.190 e. The first-order valence-corrected chi connectivity index (χ1v) is 6.36. The van der Waals surface area contributed by atoms with Crippen molar-refractivity contribution in [3.8, 4) is 10.7 Å². The molecule has 0 atom stereocenters. The fourth-order valence-electron chi connectivity index (χ4n) is 1.65. The van der Waals surface area contributed by atoms with Crippen molar-refractivity contribution in [2.24, 2.45) is 0 Å². The van der Waals surface area contributed by atoms with Gasteiger partial charge in [0.2, 0.25) is 0 Å². The van der Waals surface area contributed by atoms with Gasteiger partial charge >= 0.3 is 0 Å². The van der Waals surface area contributed by atoms with Crippen LogP contribution in [0.3, 0.4) is 0 Å². The van der Waals surface area contributed by atoms with Crippen LogP contribution in [0.4, 0.5) is 0 Å².